The molecule has 2 fully saturated rings. The van der Waals surface area contributed by atoms with E-state index >= 15 is 0 Å². The molecule has 3 rings (SSSR count). The summed E-state index contributed by atoms with van der Waals surface area (Å²) in [6, 6.07) is 9.24. The van der Waals surface area contributed by atoms with Crippen LogP contribution in [0, 0.1) is 11.8 Å². The molecule has 0 aromatic heterocycles. The van der Waals surface area contributed by atoms with E-state index in [-0.39, 0.29) is 29.7 Å². The van der Waals surface area contributed by atoms with Gasteiger partial charge in [0.15, 0.2) is 0 Å². The lowest BCUT2D eigenvalue weighted by Gasteiger charge is -2.36. The highest BCUT2D eigenvalue weighted by Gasteiger charge is 2.33. The van der Waals surface area contributed by atoms with Crippen molar-refractivity contribution in [3.05, 3.63) is 35.9 Å². The molecule has 140 valence electrons. The molecule has 26 heavy (non-hydrogen) atoms. The maximum atomic E-state index is 12.7. The zero-order valence-corrected chi connectivity index (χ0v) is 14.9. The Morgan fingerprint density at radius 3 is 2.04 bits per heavy atom. The van der Waals surface area contributed by atoms with Crippen molar-refractivity contribution in [2.75, 3.05) is 13.1 Å². The third kappa shape index (κ3) is 4.42. The van der Waals surface area contributed by atoms with Crippen LogP contribution in [0.3, 0.4) is 0 Å². The number of carbonyl (C=O) groups excluding carboxylic acids is 2. The zero-order chi connectivity index (χ0) is 18.5. The van der Waals surface area contributed by atoms with Crippen molar-refractivity contribution in [3.63, 3.8) is 0 Å². The van der Waals surface area contributed by atoms with E-state index in [1.54, 1.807) is 12.1 Å². The van der Waals surface area contributed by atoms with Gasteiger partial charge in [-0.05, 0) is 50.7 Å². The molecule has 0 atom stereocenters. The van der Waals surface area contributed by atoms with Gasteiger partial charge in [0, 0.05) is 30.6 Å². The van der Waals surface area contributed by atoms with Crippen LogP contribution in [-0.2, 0) is 9.59 Å². The average Bonchev–Trinajstić information content (AvgIpc) is 2.69. The molecule has 6 nitrogen and oxygen atoms in total. The normalized spacial score (nSPS) is 24.1. The van der Waals surface area contributed by atoms with E-state index in [9.17, 15) is 14.4 Å². The van der Waals surface area contributed by atoms with Crippen LogP contribution in [0.2, 0.25) is 0 Å². The van der Waals surface area contributed by atoms with Crippen molar-refractivity contribution in [1.29, 1.82) is 0 Å². The zero-order valence-electron chi connectivity index (χ0n) is 14.9. The Bertz CT molecular complexity index is 645. The highest BCUT2D eigenvalue weighted by atomic mass is 16.4. The van der Waals surface area contributed by atoms with Crippen molar-refractivity contribution in [3.8, 4) is 0 Å². The predicted molar refractivity (Wildman–Crippen MR) is 96.6 cm³/mol. The van der Waals surface area contributed by atoms with Crippen LogP contribution >= 0.6 is 0 Å². The van der Waals surface area contributed by atoms with Crippen molar-refractivity contribution in [2.24, 2.45) is 11.8 Å². The van der Waals surface area contributed by atoms with E-state index < -0.39 is 5.97 Å². The molecule has 1 heterocycles. The summed E-state index contributed by atoms with van der Waals surface area (Å²) in [6.45, 7) is 1.30. The Labute approximate surface area is 153 Å². The van der Waals surface area contributed by atoms with Gasteiger partial charge >= 0.3 is 5.97 Å². The van der Waals surface area contributed by atoms with E-state index in [4.69, 9.17) is 5.11 Å². The van der Waals surface area contributed by atoms with Crippen molar-refractivity contribution >= 4 is 17.8 Å². The number of hydrogen-bond acceptors (Lipinski definition) is 3. The molecule has 6 heteroatoms. The summed E-state index contributed by atoms with van der Waals surface area (Å²) in [7, 11) is 0. The number of carboxylic acids is 1. The fourth-order valence-corrected chi connectivity index (χ4v) is 3.95. The second-order valence-electron chi connectivity index (χ2n) is 7.33. The topological polar surface area (TPSA) is 86.7 Å². The highest BCUT2D eigenvalue weighted by Crippen LogP contribution is 2.30. The molecule has 2 amide bonds. The summed E-state index contributed by atoms with van der Waals surface area (Å²) in [5.74, 6) is -0.992. The van der Waals surface area contributed by atoms with Gasteiger partial charge in [0.1, 0.15) is 0 Å². The van der Waals surface area contributed by atoms with Gasteiger partial charge in [-0.1, -0.05) is 18.2 Å². The average molecular weight is 358 g/mol. The summed E-state index contributed by atoms with van der Waals surface area (Å²) in [5.41, 5.74) is 0.654. The first-order valence-electron chi connectivity index (χ1n) is 9.42. The van der Waals surface area contributed by atoms with E-state index in [2.05, 4.69) is 5.32 Å². The number of amides is 2. The molecule has 0 bridgehead atoms. The lowest BCUT2D eigenvalue weighted by Crippen LogP contribution is -2.48. The van der Waals surface area contributed by atoms with Crippen LogP contribution in [0.1, 0.15) is 48.9 Å². The van der Waals surface area contributed by atoms with Gasteiger partial charge in [-0.25, -0.2) is 0 Å². The van der Waals surface area contributed by atoms with Gasteiger partial charge < -0.3 is 15.3 Å². The number of likely N-dealkylation sites (tertiary alicyclic amines) is 1. The van der Waals surface area contributed by atoms with E-state index in [1.165, 1.54) is 0 Å². The number of benzene rings is 1. The molecule has 0 radical (unpaired) electrons. The Balaban J connectivity index is 1.44. The van der Waals surface area contributed by atoms with Crippen molar-refractivity contribution in [1.82, 2.24) is 10.2 Å². The third-order valence-electron chi connectivity index (χ3n) is 5.60. The number of aliphatic carboxylic acids is 1. The summed E-state index contributed by atoms with van der Waals surface area (Å²) >= 11 is 0. The standard InChI is InChI=1S/C20H26N2O4/c23-18(14-4-2-1-3-5-14)21-17-10-12-22(13-11-17)19(24)15-6-8-16(9-7-15)20(25)26/h1-5,15-17H,6-13H2,(H,21,23)(H,25,26). The fraction of sp³-hybridized carbons (Fsp3) is 0.550. The Kier molecular flexibility index (Phi) is 5.91. The number of piperidine rings is 1. The van der Waals surface area contributed by atoms with Gasteiger partial charge in [-0.2, -0.15) is 0 Å². The summed E-state index contributed by atoms with van der Waals surface area (Å²) in [4.78, 5) is 37.8. The minimum Gasteiger partial charge on any atom is -0.481 e. The van der Waals surface area contributed by atoms with E-state index in [0.29, 0.717) is 44.3 Å². The summed E-state index contributed by atoms with van der Waals surface area (Å²) < 4.78 is 0. The summed E-state index contributed by atoms with van der Waals surface area (Å²) in [5, 5.41) is 12.1. The minimum absolute atomic E-state index is 0.0407. The second-order valence-corrected chi connectivity index (χ2v) is 7.33. The van der Waals surface area contributed by atoms with Gasteiger partial charge in [0.25, 0.3) is 5.91 Å². The number of carboxylic acid groups (broad SMARTS) is 1. The van der Waals surface area contributed by atoms with Gasteiger partial charge in [0.05, 0.1) is 5.92 Å². The molecule has 1 aliphatic heterocycles. The number of nitrogens with one attached hydrogen (secondary N) is 1. The Morgan fingerprint density at radius 2 is 1.46 bits per heavy atom. The van der Waals surface area contributed by atoms with Gasteiger partial charge in [0.2, 0.25) is 5.91 Å². The first-order chi connectivity index (χ1) is 12.5. The maximum absolute atomic E-state index is 12.7. The van der Waals surface area contributed by atoms with Crippen molar-refractivity contribution in [2.45, 2.75) is 44.6 Å². The summed E-state index contributed by atoms with van der Waals surface area (Å²) in [6.07, 6.45) is 4.04. The molecule has 1 aliphatic carbocycles. The van der Waals surface area contributed by atoms with Crippen LogP contribution < -0.4 is 5.32 Å². The van der Waals surface area contributed by atoms with Crippen LogP contribution in [0.25, 0.3) is 0 Å². The molecule has 0 spiro atoms. The first-order valence-corrected chi connectivity index (χ1v) is 9.42. The first kappa shape index (κ1) is 18.4. The number of hydrogen-bond donors (Lipinski definition) is 2. The molecule has 1 aromatic carbocycles. The van der Waals surface area contributed by atoms with Crippen LogP contribution in [0.5, 0.6) is 0 Å². The monoisotopic (exact) mass is 358 g/mol. The fourth-order valence-electron chi connectivity index (χ4n) is 3.95. The van der Waals surface area contributed by atoms with Crippen LogP contribution in [0.4, 0.5) is 0 Å². The molecule has 2 N–H and O–H groups in total. The third-order valence-corrected chi connectivity index (χ3v) is 5.60. The molecular weight excluding hydrogens is 332 g/mol. The lowest BCUT2D eigenvalue weighted by molar-refractivity contribution is -0.146. The minimum atomic E-state index is -0.745. The number of rotatable bonds is 4. The van der Waals surface area contributed by atoms with Crippen LogP contribution in [-0.4, -0.2) is 46.9 Å². The largest absolute Gasteiger partial charge is 0.481 e. The maximum Gasteiger partial charge on any atom is 0.306 e. The molecule has 0 unspecified atom stereocenters. The molecule has 2 aliphatic rings. The van der Waals surface area contributed by atoms with Gasteiger partial charge in [-0.15, -0.1) is 0 Å². The Morgan fingerprint density at radius 1 is 0.885 bits per heavy atom. The predicted octanol–water partition coefficient (Wildman–Crippen LogP) is 2.30. The smallest absolute Gasteiger partial charge is 0.306 e. The lowest BCUT2D eigenvalue weighted by atomic mass is 9.81. The quantitative estimate of drug-likeness (QED) is 0.865. The molecule has 1 aromatic rings. The Hall–Kier alpha value is -2.37. The molecule has 1 saturated carbocycles. The van der Waals surface area contributed by atoms with E-state index in [1.807, 2.05) is 23.1 Å². The number of carbonyl (C=O) groups is 3. The van der Waals surface area contributed by atoms with Gasteiger partial charge in [-0.3, -0.25) is 14.4 Å². The molecular formula is C20H26N2O4. The van der Waals surface area contributed by atoms with Crippen LogP contribution in [0.15, 0.2) is 30.3 Å². The second kappa shape index (κ2) is 8.34. The van der Waals surface area contributed by atoms with Crippen molar-refractivity contribution < 1.29 is 19.5 Å². The molecule has 1 saturated heterocycles. The van der Waals surface area contributed by atoms with E-state index in [0.717, 1.165) is 12.8 Å². The number of nitrogens with zero attached hydrogens (tertiary/aromatic N) is 1. The highest BCUT2D eigenvalue weighted by molar-refractivity contribution is 5.94. The SMILES string of the molecule is O=C(NC1CCN(C(=O)C2CCC(C(=O)O)CC2)CC1)c1ccccc1.